The number of aryl methyl sites for hydroxylation is 1. The highest BCUT2D eigenvalue weighted by Gasteiger charge is 2.10. The van der Waals surface area contributed by atoms with Crippen molar-refractivity contribution in [2.24, 2.45) is 0 Å². The topological polar surface area (TPSA) is 53.1 Å². The number of hydrogen-bond donors (Lipinski definition) is 1. The van der Waals surface area contributed by atoms with E-state index in [0.29, 0.717) is 5.95 Å². The van der Waals surface area contributed by atoms with Gasteiger partial charge in [0.1, 0.15) is 5.75 Å². The number of ether oxygens (including phenoxy) is 1. The first kappa shape index (κ1) is 13.5. The molecule has 0 radical (unpaired) electrons. The molecule has 2 N–H and O–H groups in total. The van der Waals surface area contributed by atoms with Gasteiger partial charge in [-0.15, -0.1) is 0 Å². The molecule has 0 aliphatic rings. The van der Waals surface area contributed by atoms with E-state index in [-0.39, 0.29) is 0 Å². The van der Waals surface area contributed by atoms with Crippen LogP contribution in [0.3, 0.4) is 0 Å². The molecule has 0 spiro atoms. The van der Waals surface area contributed by atoms with Crippen molar-refractivity contribution < 1.29 is 4.74 Å². The molecule has 0 aliphatic carbocycles. The van der Waals surface area contributed by atoms with Crippen LogP contribution in [-0.2, 0) is 0 Å². The van der Waals surface area contributed by atoms with Gasteiger partial charge < -0.3 is 10.5 Å². The van der Waals surface area contributed by atoms with Crippen molar-refractivity contribution in [3.63, 3.8) is 0 Å². The summed E-state index contributed by atoms with van der Waals surface area (Å²) in [7, 11) is 0. The van der Waals surface area contributed by atoms with Crippen molar-refractivity contribution in [2.75, 3.05) is 12.3 Å². The number of rotatable bonds is 4. The Balaban J connectivity index is 2.03. The lowest BCUT2D eigenvalue weighted by molar-refractivity contribution is 0.317. The van der Waals surface area contributed by atoms with E-state index in [1.807, 2.05) is 41.0 Å². The molecular weight excluding hydrogens is 262 g/mol. The number of nitrogen functional groups attached to an aromatic ring is 1. The van der Waals surface area contributed by atoms with E-state index in [4.69, 9.17) is 10.5 Å². The third kappa shape index (κ3) is 2.57. The number of hydrogen-bond acceptors (Lipinski definition) is 3. The van der Waals surface area contributed by atoms with Gasteiger partial charge in [0.2, 0.25) is 5.95 Å². The van der Waals surface area contributed by atoms with Crippen molar-refractivity contribution in [2.45, 2.75) is 20.3 Å². The van der Waals surface area contributed by atoms with Gasteiger partial charge in [0, 0.05) is 5.69 Å². The monoisotopic (exact) mass is 281 g/mol. The summed E-state index contributed by atoms with van der Waals surface area (Å²) in [4.78, 5) is 4.41. The van der Waals surface area contributed by atoms with E-state index in [9.17, 15) is 0 Å². The number of nitrogens with two attached hydrogens (primary N) is 1. The Labute approximate surface area is 124 Å². The zero-order valence-corrected chi connectivity index (χ0v) is 12.3. The minimum atomic E-state index is 0.498. The predicted octanol–water partition coefficient (Wildman–Crippen LogP) is 3.70. The van der Waals surface area contributed by atoms with Crippen molar-refractivity contribution in [1.82, 2.24) is 9.55 Å². The van der Waals surface area contributed by atoms with E-state index in [0.717, 1.165) is 35.5 Å². The van der Waals surface area contributed by atoms with Crippen LogP contribution >= 0.6 is 0 Å². The van der Waals surface area contributed by atoms with Crippen LogP contribution in [0.2, 0.25) is 0 Å². The molecule has 0 saturated heterocycles. The lowest BCUT2D eigenvalue weighted by Crippen LogP contribution is -2.01. The molecule has 2 aromatic carbocycles. The molecular formula is C17H19N3O. The first-order chi connectivity index (χ1) is 10.2. The number of aromatic nitrogens is 2. The number of imidazole rings is 1. The largest absolute Gasteiger partial charge is 0.494 e. The molecule has 21 heavy (non-hydrogen) atoms. The quantitative estimate of drug-likeness (QED) is 0.793. The van der Waals surface area contributed by atoms with Gasteiger partial charge in [-0.3, -0.25) is 4.57 Å². The number of anilines is 1. The SMILES string of the molecule is CCCOc1ccc(-n2c(N)nc3ccc(C)cc32)cc1. The Morgan fingerprint density at radius 2 is 1.90 bits per heavy atom. The minimum Gasteiger partial charge on any atom is -0.494 e. The fraction of sp³-hybridized carbons (Fsp3) is 0.235. The molecule has 0 unspecified atom stereocenters. The van der Waals surface area contributed by atoms with E-state index < -0.39 is 0 Å². The molecule has 0 amide bonds. The first-order valence-electron chi connectivity index (χ1n) is 7.17. The van der Waals surface area contributed by atoms with E-state index in [2.05, 4.69) is 24.9 Å². The van der Waals surface area contributed by atoms with Crippen LogP contribution in [-0.4, -0.2) is 16.2 Å². The first-order valence-corrected chi connectivity index (χ1v) is 7.17. The van der Waals surface area contributed by atoms with Gasteiger partial charge in [-0.1, -0.05) is 13.0 Å². The van der Waals surface area contributed by atoms with E-state index in [1.165, 1.54) is 5.56 Å². The van der Waals surface area contributed by atoms with Crippen molar-refractivity contribution in [3.8, 4) is 11.4 Å². The second-order valence-electron chi connectivity index (χ2n) is 5.14. The molecule has 0 fully saturated rings. The summed E-state index contributed by atoms with van der Waals surface area (Å²) in [6.45, 7) is 4.89. The lowest BCUT2D eigenvalue weighted by atomic mass is 10.2. The van der Waals surface area contributed by atoms with Crippen LogP contribution in [0.25, 0.3) is 16.7 Å². The molecule has 0 saturated carbocycles. The Hall–Kier alpha value is -2.49. The Kier molecular flexibility index (Phi) is 3.52. The summed E-state index contributed by atoms with van der Waals surface area (Å²) in [5.74, 6) is 1.37. The maximum atomic E-state index is 6.07. The van der Waals surface area contributed by atoms with Crippen molar-refractivity contribution >= 4 is 17.0 Å². The average molecular weight is 281 g/mol. The Morgan fingerprint density at radius 3 is 2.62 bits per heavy atom. The minimum absolute atomic E-state index is 0.498. The van der Waals surface area contributed by atoms with Crippen LogP contribution in [0.4, 0.5) is 5.95 Å². The zero-order valence-electron chi connectivity index (χ0n) is 12.3. The molecule has 0 aliphatic heterocycles. The molecule has 3 rings (SSSR count). The maximum Gasteiger partial charge on any atom is 0.205 e. The fourth-order valence-corrected chi connectivity index (χ4v) is 2.39. The van der Waals surface area contributed by atoms with Crippen LogP contribution in [0, 0.1) is 6.92 Å². The normalized spacial score (nSPS) is 11.0. The van der Waals surface area contributed by atoms with Crippen molar-refractivity contribution in [1.29, 1.82) is 0 Å². The molecule has 1 heterocycles. The second-order valence-corrected chi connectivity index (χ2v) is 5.14. The lowest BCUT2D eigenvalue weighted by Gasteiger charge is -2.09. The molecule has 1 aromatic heterocycles. The van der Waals surface area contributed by atoms with Gasteiger partial charge in [0.15, 0.2) is 0 Å². The molecule has 3 aromatic rings. The molecule has 0 bridgehead atoms. The number of fused-ring (bicyclic) bond motifs is 1. The average Bonchev–Trinajstić information content (AvgIpc) is 2.81. The summed E-state index contributed by atoms with van der Waals surface area (Å²) in [6, 6.07) is 14.1. The van der Waals surface area contributed by atoms with Crippen molar-refractivity contribution in [3.05, 3.63) is 48.0 Å². The van der Waals surface area contributed by atoms with Gasteiger partial charge in [0.25, 0.3) is 0 Å². The van der Waals surface area contributed by atoms with Crippen LogP contribution < -0.4 is 10.5 Å². The van der Waals surface area contributed by atoms with Crippen LogP contribution in [0.1, 0.15) is 18.9 Å². The van der Waals surface area contributed by atoms with E-state index >= 15 is 0 Å². The molecule has 4 nitrogen and oxygen atoms in total. The summed E-state index contributed by atoms with van der Waals surface area (Å²) < 4.78 is 7.57. The Morgan fingerprint density at radius 1 is 1.14 bits per heavy atom. The zero-order chi connectivity index (χ0) is 14.8. The summed E-state index contributed by atoms with van der Waals surface area (Å²) in [5.41, 5.74) is 10.2. The Bertz CT molecular complexity index is 760. The van der Waals surface area contributed by atoms with Crippen LogP contribution in [0.5, 0.6) is 5.75 Å². The molecule has 108 valence electrons. The maximum absolute atomic E-state index is 6.07. The standard InChI is InChI=1S/C17H19N3O/c1-3-10-21-14-7-5-13(6-8-14)20-16-11-12(2)4-9-15(16)19-17(20)18/h4-9,11H,3,10H2,1-2H3,(H2,18,19). The number of benzene rings is 2. The number of nitrogens with zero attached hydrogens (tertiary/aromatic N) is 2. The highest BCUT2D eigenvalue weighted by molar-refractivity contribution is 5.81. The smallest absolute Gasteiger partial charge is 0.205 e. The highest BCUT2D eigenvalue weighted by Crippen LogP contribution is 2.25. The third-order valence-corrected chi connectivity index (χ3v) is 3.40. The van der Waals surface area contributed by atoms with Gasteiger partial charge in [-0.05, 0) is 55.3 Å². The van der Waals surface area contributed by atoms with Gasteiger partial charge in [-0.2, -0.15) is 0 Å². The summed E-state index contributed by atoms with van der Waals surface area (Å²) in [5, 5.41) is 0. The van der Waals surface area contributed by atoms with Crippen LogP contribution in [0.15, 0.2) is 42.5 Å². The molecule has 4 heteroatoms. The predicted molar refractivity (Wildman–Crippen MR) is 86.0 cm³/mol. The van der Waals surface area contributed by atoms with Gasteiger partial charge in [0.05, 0.1) is 17.6 Å². The van der Waals surface area contributed by atoms with E-state index in [1.54, 1.807) is 0 Å². The second kappa shape index (κ2) is 5.48. The summed E-state index contributed by atoms with van der Waals surface area (Å²) >= 11 is 0. The summed E-state index contributed by atoms with van der Waals surface area (Å²) in [6.07, 6.45) is 1.00. The van der Waals surface area contributed by atoms with Gasteiger partial charge >= 0.3 is 0 Å². The van der Waals surface area contributed by atoms with Gasteiger partial charge in [-0.25, -0.2) is 4.98 Å². The molecule has 0 atom stereocenters. The highest BCUT2D eigenvalue weighted by atomic mass is 16.5. The fourth-order valence-electron chi connectivity index (χ4n) is 2.39. The third-order valence-electron chi connectivity index (χ3n) is 3.40.